The fourth-order valence-electron chi connectivity index (χ4n) is 13.6. The first-order valence-corrected chi connectivity index (χ1v) is 17.3. The Balaban J connectivity index is 1.36. The average molecular weight is 631 g/mol. The van der Waals surface area contributed by atoms with Gasteiger partial charge in [0.1, 0.15) is 23.9 Å². The van der Waals surface area contributed by atoms with Gasteiger partial charge in [-0.05, 0) is 94.8 Å². The van der Waals surface area contributed by atoms with Crippen LogP contribution in [0.3, 0.4) is 0 Å². The van der Waals surface area contributed by atoms with E-state index in [2.05, 4.69) is 27.7 Å². The van der Waals surface area contributed by atoms with Gasteiger partial charge in [-0.3, -0.25) is 14.4 Å². The van der Waals surface area contributed by atoms with Gasteiger partial charge in [0.2, 0.25) is 0 Å². The Morgan fingerprint density at radius 3 is 1.98 bits per heavy atom. The van der Waals surface area contributed by atoms with E-state index in [-0.39, 0.29) is 46.1 Å². The summed E-state index contributed by atoms with van der Waals surface area (Å²) in [5, 5.41) is 11.4. The Kier molecular flexibility index (Phi) is 6.55. The zero-order valence-electron chi connectivity index (χ0n) is 28.7. The van der Waals surface area contributed by atoms with Crippen molar-refractivity contribution >= 4 is 17.9 Å². The predicted molar refractivity (Wildman–Crippen MR) is 162 cm³/mol. The normalized spacial score (nSPS) is 52.1. The number of ether oxygens (including phenoxy) is 5. The van der Waals surface area contributed by atoms with Crippen LogP contribution in [0.25, 0.3) is 0 Å². The van der Waals surface area contributed by atoms with Crippen LogP contribution in [-0.2, 0) is 38.1 Å². The molecule has 7 aliphatic rings. The molecular formula is C36H54O9. The summed E-state index contributed by atoms with van der Waals surface area (Å²) < 4.78 is 32.4. The zero-order chi connectivity index (χ0) is 32.8. The highest BCUT2D eigenvalue weighted by atomic mass is 16.7. The standard InChI is InChI=1S/C36H54O9/c1-20(37)42-25-12-13-33-18-34(33)15-16-35-19-41-36(30(6,7)40)17-14-31(8,45-36)27(35)26(43-21(2)38)28(44-22(3)39)32(35,9)24(34)11-10-23(33)29(25,4)5/h23-28,40H,10-19H2,1-9H3/t23?,24?,25-,26+,27+,28+,31-,32+,33+,34-,35-,36-/m0/s1. The summed E-state index contributed by atoms with van der Waals surface area (Å²) in [6.07, 6.45) is 6.53. The number of aliphatic hydroxyl groups is 1. The molecule has 3 spiro atoms. The van der Waals surface area contributed by atoms with E-state index in [9.17, 15) is 19.5 Å². The molecule has 0 radical (unpaired) electrons. The molecule has 2 saturated heterocycles. The molecule has 2 unspecified atom stereocenters. The molecule has 0 aromatic carbocycles. The maximum Gasteiger partial charge on any atom is 0.303 e. The molecule has 0 amide bonds. The number of carbonyl (C=O) groups excluding carboxylic acids is 3. The number of hydrogen-bond donors (Lipinski definition) is 1. The van der Waals surface area contributed by atoms with Crippen molar-refractivity contribution in [3.05, 3.63) is 0 Å². The molecule has 7 rings (SSSR count). The summed E-state index contributed by atoms with van der Waals surface area (Å²) in [6, 6.07) is 0. The monoisotopic (exact) mass is 630 g/mol. The Bertz CT molecular complexity index is 1320. The summed E-state index contributed by atoms with van der Waals surface area (Å²) >= 11 is 0. The van der Waals surface area contributed by atoms with Crippen LogP contribution in [0.4, 0.5) is 0 Å². The first-order chi connectivity index (χ1) is 20.8. The first-order valence-electron chi connectivity index (χ1n) is 17.3. The molecule has 0 aromatic heterocycles. The first kappa shape index (κ1) is 31.9. The van der Waals surface area contributed by atoms with Gasteiger partial charge in [0.25, 0.3) is 0 Å². The molecule has 1 N–H and O–H groups in total. The smallest absolute Gasteiger partial charge is 0.303 e. The van der Waals surface area contributed by atoms with Gasteiger partial charge in [0.15, 0.2) is 5.79 Å². The molecule has 45 heavy (non-hydrogen) atoms. The van der Waals surface area contributed by atoms with Crippen molar-refractivity contribution in [2.24, 2.45) is 44.8 Å². The summed E-state index contributed by atoms with van der Waals surface area (Å²) in [4.78, 5) is 37.8. The molecule has 5 saturated carbocycles. The molecule has 9 nitrogen and oxygen atoms in total. The molecule has 0 aromatic rings. The van der Waals surface area contributed by atoms with E-state index in [1.165, 1.54) is 20.8 Å². The van der Waals surface area contributed by atoms with Gasteiger partial charge in [-0.15, -0.1) is 0 Å². The highest BCUT2D eigenvalue weighted by Gasteiger charge is 2.88. The van der Waals surface area contributed by atoms with Gasteiger partial charge >= 0.3 is 17.9 Å². The summed E-state index contributed by atoms with van der Waals surface area (Å²) in [6.45, 7) is 17.2. The van der Waals surface area contributed by atoms with Crippen LogP contribution in [0.15, 0.2) is 0 Å². The van der Waals surface area contributed by atoms with Crippen LogP contribution in [0.2, 0.25) is 0 Å². The lowest BCUT2D eigenvalue weighted by molar-refractivity contribution is -0.316. The molecule has 12 atom stereocenters. The van der Waals surface area contributed by atoms with Crippen LogP contribution in [0, 0.1) is 44.8 Å². The van der Waals surface area contributed by atoms with Gasteiger partial charge in [-0.25, -0.2) is 0 Å². The molecule has 2 heterocycles. The fraction of sp³-hybridized carbons (Fsp3) is 0.917. The second-order valence-corrected chi connectivity index (χ2v) is 17.7. The molecule has 7 fully saturated rings. The summed E-state index contributed by atoms with van der Waals surface area (Å²) in [5.74, 6) is -1.81. The van der Waals surface area contributed by atoms with E-state index in [1.807, 2.05) is 0 Å². The van der Waals surface area contributed by atoms with Gasteiger partial charge in [0, 0.05) is 49.4 Å². The van der Waals surface area contributed by atoms with Gasteiger partial charge < -0.3 is 28.8 Å². The average Bonchev–Trinajstić information content (AvgIpc) is 3.40. The number of fused-ring (bicyclic) bond motifs is 4. The maximum atomic E-state index is 12.9. The van der Waals surface area contributed by atoms with Crippen LogP contribution in [-0.4, -0.2) is 64.9 Å². The van der Waals surface area contributed by atoms with E-state index in [0.717, 1.165) is 44.9 Å². The Labute approximate surface area is 267 Å². The van der Waals surface area contributed by atoms with Crippen molar-refractivity contribution in [1.82, 2.24) is 0 Å². The summed E-state index contributed by atoms with van der Waals surface area (Å²) in [7, 11) is 0. The minimum Gasteiger partial charge on any atom is -0.462 e. The number of esters is 3. The quantitative estimate of drug-likeness (QED) is 0.318. The number of hydrogen-bond acceptors (Lipinski definition) is 9. The van der Waals surface area contributed by atoms with Gasteiger partial charge in [-0.2, -0.15) is 0 Å². The lowest BCUT2D eigenvalue weighted by atomic mass is 9.41. The minimum atomic E-state index is -1.25. The van der Waals surface area contributed by atoms with Gasteiger partial charge in [0.05, 0.1) is 12.2 Å². The maximum absolute atomic E-state index is 12.9. The molecular weight excluding hydrogens is 576 g/mol. The van der Waals surface area contributed by atoms with Crippen molar-refractivity contribution < 1.29 is 43.2 Å². The van der Waals surface area contributed by atoms with E-state index in [4.69, 9.17) is 23.7 Å². The second-order valence-electron chi connectivity index (χ2n) is 17.7. The number of rotatable bonds is 4. The molecule has 2 aliphatic heterocycles. The van der Waals surface area contributed by atoms with Crippen molar-refractivity contribution in [3.8, 4) is 0 Å². The zero-order valence-corrected chi connectivity index (χ0v) is 28.7. The Morgan fingerprint density at radius 2 is 1.36 bits per heavy atom. The molecule has 5 aliphatic carbocycles. The van der Waals surface area contributed by atoms with E-state index in [0.29, 0.717) is 25.4 Å². The third-order valence-corrected chi connectivity index (χ3v) is 15.2. The highest BCUT2D eigenvalue weighted by Crippen LogP contribution is 2.90. The van der Waals surface area contributed by atoms with E-state index in [1.54, 1.807) is 13.8 Å². The second kappa shape index (κ2) is 9.25. The molecule has 9 heteroatoms. The predicted octanol–water partition coefficient (Wildman–Crippen LogP) is 5.49. The SMILES string of the molecule is CC(=O)O[C@H]1[C@@H](OC(C)=O)[C@@]2(C)C3CCC4C(C)(C)[C@@H](OC(C)=O)CC[C@@]45C[C@@]35CC[C@@]23CO[C@@]2(C(C)(C)O)CC[C@](C)(O2)[C@@H]13. The van der Waals surface area contributed by atoms with E-state index >= 15 is 0 Å². The van der Waals surface area contributed by atoms with Crippen LogP contribution in [0.5, 0.6) is 0 Å². The third kappa shape index (κ3) is 3.75. The molecule has 2 bridgehead atoms. The Hall–Kier alpha value is -1.71. The van der Waals surface area contributed by atoms with Crippen LogP contribution >= 0.6 is 0 Å². The third-order valence-electron chi connectivity index (χ3n) is 15.2. The van der Waals surface area contributed by atoms with Crippen LogP contribution in [0.1, 0.15) is 120 Å². The lowest BCUT2D eigenvalue weighted by Crippen LogP contribution is -2.63. The number of carbonyl (C=O) groups is 3. The topological polar surface area (TPSA) is 118 Å². The van der Waals surface area contributed by atoms with Crippen molar-refractivity contribution in [2.75, 3.05) is 6.61 Å². The van der Waals surface area contributed by atoms with Crippen molar-refractivity contribution in [1.29, 1.82) is 0 Å². The van der Waals surface area contributed by atoms with Crippen LogP contribution < -0.4 is 0 Å². The van der Waals surface area contributed by atoms with Crippen molar-refractivity contribution in [2.45, 2.75) is 155 Å². The van der Waals surface area contributed by atoms with Crippen molar-refractivity contribution in [3.63, 3.8) is 0 Å². The summed E-state index contributed by atoms with van der Waals surface area (Å²) in [5.41, 5.74) is -3.04. The van der Waals surface area contributed by atoms with Gasteiger partial charge in [-0.1, -0.05) is 20.8 Å². The molecule has 252 valence electrons. The minimum absolute atomic E-state index is 0.0590. The largest absolute Gasteiger partial charge is 0.462 e. The fourth-order valence-corrected chi connectivity index (χ4v) is 13.6. The lowest BCUT2D eigenvalue weighted by Gasteiger charge is -2.64. The van der Waals surface area contributed by atoms with E-state index < -0.39 is 46.0 Å². The highest BCUT2D eigenvalue weighted by molar-refractivity contribution is 5.68. The Morgan fingerprint density at radius 1 is 0.756 bits per heavy atom.